The van der Waals surface area contributed by atoms with Crippen molar-refractivity contribution in [2.24, 2.45) is 0 Å². The lowest BCUT2D eigenvalue weighted by Gasteiger charge is -2.25. The number of nitrogens with one attached hydrogen (secondary N) is 1. The molecular weight excluding hydrogens is 439 g/mol. The second-order valence-electron chi connectivity index (χ2n) is 7.15. The van der Waals surface area contributed by atoms with Gasteiger partial charge in [0.15, 0.2) is 0 Å². The topological polar surface area (TPSA) is 66.5 Å². The number of halogens is 2. The fourth-order valence-corrected chi connectivity index (χ4v) is 4.63. The summed E-state index contributed by atoms with van der Waals surface area (Å²) in [5.41, 5.74) is 1.89. The van der Waals surface area contributed by atoms with E-state index in [9.17, 15) is 17.6 Å². The minimum atomic E-state index is -4.02. The number of carbonyl (C=O) groups is 1. The second kappa shape index (κ2) is 9.49. The summed E-state index contributed by atoms with van der Waals surface area (Å²) in [7, 11) is -4.02. The van der Waals surface area contributed by atoms with Crippen LogP contribution in [0, 0.1) is 12.7 Å². The summed E-state index contributed by atoms with van der Waals surface area (Å²) in [4.78, 5) is 12.8. The monoisotopic (exact) mass is 460 g/mol. The van der Waals surface area contributed by atoms with Crippen LogP contribution >= 0.6 is 11.6 Å². The summed E-state index contributed by atoms with van der Waals surface area (Å²) in [5.74, 6) is -0.883. The van der Waals surface area contributed by atoms with Gasteiger partial charge >= 0.3 is 0 Å². The molecule has 0 aliphatic rings. The van der Waals surface area contributed by atoms with E-state index in [2.05, 4.69) is 5.32 Å². The molecule has 0 saturated carbocycles. The van der Waals surface area contributed by atoms with E-state index >= 15 is 0 Å². The summed E-state index contributed by atoms with van der Waals surface area (Å²) >= 11 is 6.07. The summed E-state index contributed by atoms with van der Waals surface area (Å²) in [6.45, 7) is 3.15. The molecule has 162 valence electrons. The molecule has 0 saturated heterocycles. The number of rotatable bonds is 7. The first kappa shape index (κ1) is 22.8. The lowest BCUT2D eigenvalue weighted by Crippen LogP contribution is -2.41. The first-order valence-electron chi connectivity index (χ1n) is 9.56. The van der Waals surface area contributed by atoms with Gasteiger partial charge in [-0.3, -0.25) is 9.10 Å². The van der Waals surface area contributed by atoms with Gasteiger partial charge in [-0.15, -0.1) is 0 Å². The van der Waals surface area contributed by atoms with Crippen molar-refractivity contribution in [2.75, 3.05) is 10.8 Å². The number of aryl methyl sites for hydroxylation is 1. The Morgan fingerprint density at radius 2 is 1.71 bits per heavy atom. The van der Waals surface area contributed by atoms with Gasteiger partial charge in [0.2, 0.25) is 5.91 Å². The molecule has 0 heterocycles. The van der Waals surface area contributed by atoms with Crippen LogP contribution in [0.3, 0.4) is 0 Å². The van der Waals surface area contributed by atoms with Crippen molar-refractivity contribution in [2.45, 2.75) is 24.8 Å². The van der Waals surface area contributed by atoms with Crippen molar-refractivity contribution in [3.05, 3.63) is 94.8 Å². The summed E-state index contributed by atoms with van der Waals surface area (Å²) in [6, 6.07) is 18.0. The average Bonchev–Trinajstić information content (AvgIpc) is 2.72. The van der Waals surface area contributed by atoms with Crippen LogP contribution in [-0.4, -0.2) is 20.9 Å². The Kier molecular flexibility index (Phi) is 6.97. The lowest BCUT2D eigenvalue weighted by molar-refractivity contribution is -0.120. The van der Waals surface area contributed by atoms with Crippen LogP contribution in [0.2, 0.25) is 5.02 Å². The van der Waals surface area contributed by atoms with Crippen LogP contribution in [0.5, 0.6) is 0 Å². The number of anilines is 1. The van der Waals surface area contributed by atoms with Gasteiger partial charge < -0.3 is 5.32 Å². The zero-order valence-corrected chi connectivity index (χ0v) is 18.6. The van der Waals surface area contributed by atoms with Gasteiger partial charge in [0.1, 0.15) is 12.4 Å². The smallest absolute Gasteiger partial charge is 0.264 e. The van der Waals surface area contributed by atoms with Crippen molar-refractivity contribution < 1.29 is 17.6 Å². The highest BCUT2D eigenvalue weighted by Gasteiger charge is 2.28. The van der Waals surface area contributed by atoms with Crippen LogP contribution in [0.15, 0.2) is 77.7 Å². The van der Waals surface area contributed by atoms with Crippen molar-refractivity contribution in [3.8, 4) is 0 Å². The number of hydrogen-bond acceptors (Lipinski definition) is 3. The summed E-state index contributed by atoms with van der Waals surface area (Å²) in [5, 5.41) is 3.11. The molecule has 3 aromatic rings. The number of sulfonamides is 1. The third-order valence-corrected chi connectivity index (χ3v) is 6.76. The van der Waals surface area contributed by atoms with E-state index in [1.165, 1.54) is 30.3 Å². The van der Waals surface area contributed by atoms with Gasteiger partial charge in [0.25, 0.3) is 10.0 Å². The molecule has 31 heavy (non-hydrogen) atoms. The van der Waals surface area contributed by atoms with Crippen LogP contribution < -0.4 is 9.62 Å². The maximum atomic E-state index is 13.3. The van der Waals surface area contributed by atoms with Gasteiger partial charge in [-0.1, -0.05) is 47.5 Å². The lowest BCUT2D eigenvalue weighted by atomic mass is 10.1. The molecule has 1 amide bonds. The largest absolute Gasteiger partial charge is 0.348 e. The molecule has 0 spiro atoms. The predicted molar refractivity (Wildman–Crippen MR) is 120 cm³/mol. The number of hydrogen-bond donors (Lipinski definition) is 1. The van der Waals surface area contributed by atoms with Gasteiger partial charge in [-0.05, 0) is 61.9 Å². The highest BCUT2D eigenvalue weighted by molar-refractivity contribution is 7.92. The fourth-order valence-electron chi connectivity index (χ4n) is 3.04. The molecule has 0 aliphatic heterocycles. The Morgan fingerprint density at radius 3 is 2.32 bits per heavy atom. The highest BCUT2D eigenvalue weighted by Crippen LogP contribution is 2.26. The van der Waals surface area contributed by atoms with E-state index < -0.39 is 28.5 Å². The molecule has 8 heteroatoms. The predicted octanol–water partition coefficient (Wildman–Crippen LogP) is 4.86. The van der Waals surface area contributed by atoms with E-state index in [0.717, 1.165) is 9.87 Å². The second-order valence-corrected chi connectivity index (χ2v) is 9.44. The van der Waals surface area contributed by atoms with Crippen LogP contribution in [0.4, 0.5) is 10.1 Å². The van der Waals surface area contributed by atoms with Gasteiger partial charge in [-0.2, -0.15) is 0 Å². The first-order valence-corrected chi connectivity index (χ1v) is 11.4. The summed E-state index contributed by atoms with van der Waals surface area (Å²) in [6.07, 6.45) is 0. The molecule has 3 aromatic carbocycles. The summed E-state index contributed by atoms with van der Waals surface area (Å²) < 4.78 is 40.9. The molecule has 5 nitrogen and oxygen atoms in total. The average molecular weight is 461 g/mol. The van der Waals surface area contributed by atoms with Crippen molar-refractivity contribution >= 4 is 33.2 Å². The molecule has 0 radical (unpaired) electrons. The molecule has 0 unspecified atom stereocenters. The van der Waals surface area contributed by atoms with Crippen LogP contribution in [0.25, 0.3) is 0 Å². The Bertz CT molecular complexity index is 1170. The van der Waals surface area contributed by atoms with E-state index in [4.69, 9.17) is 11.6 Å². The number of amides is 1. The fraction of sp³-hybridized carbons (Fsp3) is 0.174. The third-order valence-electron chi connectivity index (χ3n) is 4.74. The SMILES string of the molecule is Cc1ccc(S(=O)(=O)N(CC(=O)N[C@H](C)c2ccc(F)cc2)c2cccc(Cl)c2)cc1. The normalized spacial score (nSPS) is 12.3. The van der Waals surface area contributed by atoms with Crippen molar-refractivity contribution in [1.29, 1.82) is 0 Å². The third kappa shape index (κ3) is 5.62. The van der Waals surface area contributed by atoms with E-state index in [-0.39, 0.29) is 16.4 Å². The van der Waals surface area contributed by atoms with Gasteiger partial charge in [0, 0.05) is 5.02 Å². The Labute approximate surface area is 186 Å². The van der Waals surface area contributed by atoms with Gasteiger partial charge in [-0.25, -0.2) is 12.8 Å². The molecule has 0 aliphatic carbocycles. The molecule has 0 bridgehead atoms. The first-order chi connectivity index (χ1) is 14.7. The maximum Gasteiger partial charge on any atom is 0.264 e. The molecule has 1 atom stereocenters. The van der Waals surface area contributed by atoms with Crippen molar-refractivity contribution in [3.63, 3.8) is 0 Å². The molecule has 0 fully saturated rings. The molecule has 0 aromatic heterocycles. The molecular formula is C23H22ClFN2O3S. The molecule has 3 rings (SSSR count). The minimum Gasteiger partial charge on any atom is -0.348 e. The Morgan fingerprint density at radius 1 is 1.06 bits per heavy atom. The number of carbonyl (C=O) groups excluding carboxylic acids is 1. The standard InChI is InChI=1S/C23H22ClFN2O3S/c1-16-6-12-22(13-7-16)31(29,30)27(21-5-3-4-19(24)14-21)15-23(28)26-17(2)18-8-10-20(25)11-9-18/h3-14,17H,15H2,1-2H3,(H,26,28)/t17-/m1/s1. The van der Waals surface area contributed by atoms with Crippen LogP contribution in [0.1, 0.15) is 24.1 Å². The number of benzene rings is 3. The van der Waals surface area contributed by atoms with E-state index in [1.54, 1.807) is 49.4 Å². The van der Waals surface area contributed by atoms with E-state index in [0.29, 0.717) is 10.6 Å². The van der Waals surface area contributed by atoms with Crippen molar-refractivity contribution in [1.82, 2.24) is 5.32 Å². The Balaban J connectivity index is 1.89. The van der Waals surface area contributed by atoms with Crippen LogP contribution in [-0.2, 0) is 14.8 Å². The van der Waals surface area contributed by atoms with Gasteiger partial charge in [0.05, 0.1) is 16.6 Å². The molecule has 1 N–H and O–H groups in total. The minimum absolute atomic E-state index is 0.0671. The zero-order chi connectivity index (χ0) is 22.6. The number of nitrogens with zero attached hydrogens (tertiary/aromatic N) is 1. The highest BCUT2D eigenvalue weighted by atomic mass is 35.5. The Hall–Kier alpha value is -2.90. The quantitative estimate of drug-likeness (QED) is 0.547. The maximum absolute atomic E-state index is 13.3. The zero-order valence-electron chi connectivity index (χ0n) is 17.0. The van der Waals surface area contributed by atoms with E-state index in [1.807, 2.05) is 6.92 Å².